The highest BCUT2D eigenvalue weighted by Crippen LogP contribution is 2.29. The molecule has 5 nitrogen and oxygen atoms in total. The van der Waals surface area contributed by atoms with Crippen molar-refractivity contribution in [3.63, 3.8) is 0 Å². The van der Waals surface area contributed by atoms with E-state index in [-0.39, 0.29) is 0 Å². The zero-order chi connectivity index (χ0) is 13.9. The van der Waals surface area contributed by atoms with Crippen LogP contribution in [0.2, 0.25) is 0 Å². The summed E-state index contributed by atoms with van der Waals surface area (Å²) < 4.78 is 1.92. The number of hydrogen-bond acceptors (Lipinski definition) is 4. The Balaban J connectivity index is 1.80. The molecule has 1 saturated carbocycles. The van der Waals surface area contributed by atoms with E-state index in [0.29, 0.717) is 0 Å². The highest BCUT2D eigenvalue weighted by molar-refractivity contribution is 5.65. The summed E-state index contributed by atoms with van der Waals surface area (Å²) in [6.07, 6.45) is 6.63. The Bertz CT molecular complexity index is 584. The average molecular weight is 271 g/mol. The van der Waals surface area contributed by atoms with Gasteiger partial charge in [-0.25, -0.2) is 4.68 Å². The van der Waals surface area contributed by atoms with Gasteiger partial charge in [0, 0.05) is 17.8 Å². The van der Waals surface area contributed by atoms with Gasteiger partial charge in [-0.1, -0.05) is 31.7 Å². The van der Waals surface area contributed by atoms with Crippen molar-refractivity contribution in [1.29, 1.82) is 0 Å². The largest absolute Gasteiger partial charge is 0.399 e. The quantitative estimate of drug-likeness (QED) is 0.868. The lowest BCUT2D eigenvalue weighted by Crippen LogP contribution is -2.07. The van der Waals surface area contributed by atoms with Gasteiger partial charge in [-0.15, -0.1) is 5.10 Å². The lowest BCUT2D eigenvalue weighted by Gasteiger charge is -2.11. The number of aromatic nitrogens is 4. The van der Waals surface area contributed by atoms with E-state index in [9.17, 15) is 0 Å². The predicted molar refractivity (Wildman–Crippen MR) is 79.0 cm³/mol. The lowest BCUT2D eigenvalue weighted by molar-refractivity contribution is 0.436. The van der Waals surface area contributed by atoms with Gasteiger partial charge >= 0.3 is 0 Å². The van der Waals surface area contributed by atoms with E-state index in [4.69, 9.17) is 5.73 Å². The molecule has 1 aliphatic rings. The van der Waals surface area contributed by atoms with Gasteiger partial charge in [0.2, 0.25) is 0 Å². The molecule has 5 heteroatoms. The van der Waals surface area contributed by atoms with Crippen molar-refractivity contribution in [2.75, 3.05) is 5.73 Å². The highest BCUT2D eigenvalue weighted by Gasteiger charge is 2.17. The van der Waals surface area contributed by atoms with Crippen molar-refractivity contribution in [1.82, 2.24) is 20.2 Å². The van der Waals surface area contributed by atoms with Crippen molar-refractivity contribution in [2.45, 2.75) is 45.6 Å². The molecule has 106 valence electrons. The standard InChI is InChI=1S/C15H21N5/c1-11-6-7-13(16)10-14(11)15-17-18-19-20(15)9-8-12-4-2-3-5-12/h6-7,10,12H,2-5,8-9,16H2,1H3. The summed E-state index contributed by atoms with van der Waals surface area (Å²) >= 11 is 0. The topological polar surface area (TPSA) is 69.6 Å². The number of nitrogen functional groups attached to an aromatic ring is 1. The van der Waals surface area contributed by atoms with Gasteiger partial charge in [-0.3, -0.25) is 0 Å². The van der Waals surface area contributed by atoms with Gasteiger partial charge in [-0.05, 0) is 47.4 Å². The van der Waals surface area contributed by atoms with Crippen LogP contribution in [-0.4, -0.2) is 20.2 Å². The summed E-state index contributed by atoms with van der Waals surface area (Å²) in [6, 6.07) is 5.87. The van der Waals surface area contributed by atoms with Crippen LogP contribution < -0.4 is 5.73 Å². The maximum absolute atomic E-state index is 5.88. The van der Waals surface area contributed by atoms with Crippen LogP contribution in [-0.2, 0) is 6.54 Å². The Morgan fingerprint density at radius 2 is 2.10 bits per heavy atom. The molecule has 1 heterocycles. The Hall–Kier alpha value is -1.91. The molecular formula is C15H21N5. The summed E-state index contributed by atoms with van der Waals surface area (Å²) in [5.74, 6) is 1.67. The minimum Gasteiger partial charge on any atom is -0.399 e. The first-order chi connectivity index (χ1) is 9.74. The van der Waals surface area contributed by atoms with Crippen LogP contribution in [0, 0.1) is 12.8 Å². The SMILES string of the molecule is Cc1ccc(N)cc1-c1nnnn1CCC1CCCC1. The van der Waals surface area contributed by atoms with E-state index in [1.165, 1.54) is 32.1 Å². The Morgan fingerprint density at radius 3 is 2.90 bits per heavy atom. The second-order valence-electron chi connectivity index (χ2n) is 5.74. The number of aryl methyl sites for hydroxylation is 2. The van der Waals surface area contributed by atoms with Gasteiger partial charge in [-0.2, -0.15) is 0 Å². The molecule has 1 aliphatic carbocycles. The number of nitrogens with two attached hydrogens (primary N) is 1. The third-order valence-electron chi connectivity index (χ3n) is 4.26. The van der Waals surface area contributed by atoms with Crippen LogP contribution >= 0.6 is 0 Å². The van der Waals surface area contributed by atoms with Crippen molar-refractivity contribution < 1.29 is 0 Å². The zero-order valence-electron chi connectivity index (χ0n) is 11.9. The highest BCUT2D eigenvalue weighted by atomic mass is 15.5. The van der Waals surface area contributed by atoms with Crippen LogP contribution in [0.4, 0.5) is 5.69 Å². The average Bonchev–Trinajstić information content (AvgIpc) is 3.09. The molecule has 2 aromatic rings. The van der Waals surface area contributed by atoms with E-state index in [1.54, 1.807) is 0 Å². The molecule has 0 aliphatic heterocycles. The number of nitrogens with zero attached hydrogens (tertiary/aromatic N) is 4. The molecule has 0 unspecified atom stereocenters. The smallest absolute Gasteiger partial charge is 0.182 e. The molecule has 0 atom stereocenters. The molecule has 0 spiro atoms. The van der Waals surface area contributed by atoms with E-state index in [0.717, 1.165) is 35.1 Å². The van der Waals surface area contributed by atoms with Crippen molar-refractivity contribution in [3.8, 4) is 11.4 Å². The third kappa shape index (κ3) is 2.66. The van der Waals surface area contributed by atoms with Crippen molar-refractivity contribution in [2.24, 2.45) is 5.92 Å². The van der Waals surface area contributed by atoms with Crippen LogP contribution in [0.25, 0.3) is 11.4 Å². The zero-order valence-corrected chi connectivity index (χ0v) is 11.9. The molecule has 1 aromatic carbocycles. The first-order valence-electron chi connectivity index (χ1n) is 7.36. The van der Waals surface area contributed by atoms with E-state index in [1.807, 2.05) is 22.9 Å². The number of rotatable bonds is 4. The number of anilines is 1. The van der Waals surface area contributed by atoms with Gasteiger partial charge in [0.1, 0.15) is 0 Å². The first-order valence-corrected chi connectivity index (χ1v) is 7.36. The maximum atomic E-state index is 5.88. The van der Waals surface area contributed by atoms with Gasteiger partial charge in [0.05, 0.1) is 0 Å². The van der Waals surface area contributed by atoms with Gasteiger partial charge < -0.3 is 5.73 Å². The van der Waals surface area contributed by atoms with Crippen LogP contribution in [0.15, 0.2) is 18.2 Å². The Kier molecular flexibility index (Phi) is 3.67. The number of tetrazole rings is 1. The second-order valence-corrected chi connectivity index (χ2v) is 5.74. The molecular weight excluding hydrogens is 250 g/mol. The van der Waals surface area contributed by atoms with E-state index in [2.05, 4.69) is 22.4 Å². The lowest BCUT2D eigenvalue weighted by atomic mass is 10.0. The monoisotopic (exact) mass is 271 g/mol. The summed E-state index contributed by atoms with van der Waals surface area (Å²) in [7, 11) is 0. The van der Waals surface area contributed by atoms with Crippen LogP contribution in [0.1, 0.15) is 37.7 Å². The molecule has 3 rings (SSSR count). The van der Waals surface area contributed by atoms with Crippen molar-refractivity contribution >= 4 is 5.69 Å². The molecule has 20 heavy (non-hydrogen) atoms. The molecule has 0 saturated heterocycles. The minimum absolute atomic E-state index is 0.746. The summed E-state index contributed by atoms with van der Waals surface area (Å²) in [6.45, 7) is 2.95. The predicted octanol–water partition coefficient (Wildman–Crippen LogP) is 2.81. The first kappa shape index (κ1) is 13.1. The molecule has 1 aromatic heterocycles. The molecule has 0 radical (unpaired) electrons. The van der Waals surface area contributed by atoms with Crippen LogP contribution in [0.3, 0.4) is 0 Å². The molecule has 0 bridgehead atoms. The Morgan fingerprint density at radius 1 is 1.30 bits per heavy atom. The Labute approximate surface area is 119 Å². The fourth-order valence-electron chi connectivity index (χ4n) is 3.03. The molecule has 2 N–H and O–H groups in total. The maximum Gasteiger partial charge on any atom is 0.182 e. The van der Waals surface area contributed by atoms with Gasteiger partial charge in [0.15, 0.2) is 5.82 Å². The molecule has 0 amide bonds. The van der Waals surface area contributed by atoms with Gasteiger partial charge in [0.25, 0.3) is 0 Å². The summed E-state index contributed by atoms with van der Waals surface area (Å²) in [4.78, 5) is 0. The van der Waals surface area contributed by atoms with Crippen molar-refractivity contribution in [3.05, 3.63) is 23.8 Å². The third-order valence-corrected chi connectivity index (χ3v) is 4.26. The summed E-state index contributed by atoms with van der Waals surface area (Å²) in [5, 5.41) is 12.2. The van der Waals surface area contributed by atoms with E-state index >= 15 is 0 Å². The minimum atomic E-state index is 0.746. The van der Waals surface area contributed by atoms with E-state index < -0.39 is 0 Å². The fraction of sp³-hybridized carbons (Fsp3) is 0.533. The fourth-order valence-corrected chi connectivity index (χ4v) is 3.03. The number of hydrogen-bond donors (Lipinski definition) is 1. The summed E-state index contributed by atoms with van der Waals surface area (Å²) in [5.41, 5.74) is 8.80. The van der Waals surface area contributed by atoms with Crippen LogP contribution in [0.5, 0.6) is 0 Å². The number of benzene rings is 1. The normalized spacial score (nSPS) is 15.8. The molecule has 1 fully saturated rings. The second kappa shape index (κ2) is 5.61.